The second-order valence-electron chi connectivity index (χ2n) is 4.19. The molecule has 0 heterocycles. The molecule has 0 radical (unpaired) electrons. The molecule has 1 aromatic rings. The molecule has 0 amide bonds. The van der Waals surface area contributed by atoms with E-state index >= 15 is 0 Å². The monoisotopic (exact) mass is 285 g/mol. The largest absolute Gasteiger partial charge is 0.479 e. The molecule has 1 N–H and O–H groups in total. The first kappa shape index (κ1) is 15.8. The number of alkyl halides is 1. The number of halogens is 1. The number of methoxy groups -OCH3 is 1. The van der Waals surface area contributed by atoms with Crippen LogP contribution in [0.25, 0.3) is 0 Å². The number of aliphatic carboxylic acids is 1. The lowest BCUT2D eigenvalue weighted by Crippen LogP contribution is -2.39. The van der Waals surface area contributed by atoms with Crippen molar-refractivity contribution in [3.8, 4) is 0 Å². The Bertz CT molecular complexity index is 414. The molecule has 1 rings (SSSR count). The van der Waals surface area contributed by atoms with Crippen molar-refractivity contribution in [3.63, 3.8) is 0 Å². The fraction of sp³-hybridized carbons (Fsp3) is 0.500. The van der Waals surface area contributed by atoms with Crippen LogP contribution in [0.4, 0.5) is 5.69 Å². The fourth-order valence-electron chi connectivity index (χ4n) is 2.10. The van der Waals surface area contributed by atoms with E-state index in [1.165, 1.54) is 7.11 Å². The van der Waals surface area contributed by atoms with Crippen molar-refractivity contribution < 1.29 is 14.6 Å². The van der Waals surface area contributed by atoms with E-state index in [2.05, 4.69) is 0 Å². The molecule has 0 aliphatic rings. The lowest BCUT2D eigenvalue weighted by Gasteiger charge is -2.30. The van der Waals surface area contributed by atoms with Crippen LogP contribution in [-0.2, 0) is 22.4 Å². The molecule has 0 saturated carbocycles. The highest BCUT2D eigenvalue weighted by atomic mass is 35.5. The Kier molecular flexibility index (Phi) is 6.12. The van der Waals surface area contributed by atoms with Gasteiger partial charge in [0, 0.05) is 12.8 Å². The smallest absolute Gasteiger partial charge is 0.342 e. The summed E-state index contributed by atoms with van der Waals surface area (Å²) in [6.45, 7) is 4.21. The summed E-state index contributed by atoms with van der Waals surface area (Å²) in [5, 5.41) is 9.14. The molecule has 0 saturated heterocycles. The van der Waals surface area contributed by atoms with Crippen molar-refractivity contribution in [2.45, 2.75) is 32.2 Å². The molecule has 0 fully saturated rings. The van der Waals surface area contributed by atoms with Gasteiger partial charge in [0.05, 0.1) is 0 Å². The highest BCUT2D eigenvalue weighted by molar-refractivity contribution is 6.31. The number of nitrogens with zero attached hydrogens (tertiary/aromatic N) is 1. The second-order valence-corrected chi connectivity index (χ2v) is 4.61. The van der Waals surface area contributed by atoms with Crippen LogP contribution < -0.4 is 4.90 Å². The number of rotatable bonds is 7. The van der Waals surface area contributed by atoms with E-state index in [4.69, 9.17) is 21.4 Å². The van der Waals surface area contributed by atoms with E-state index in [1.807, 2.05) is 32.0 Å². The molecule has 0 aliphatic carbocycles. The van der Waals surface area contributed by atoms with Crippen LogP contribution in [0.3, 0.4) is 0 Å². The number of ether oxygens (including phenoxy) is 1. The number of carboxylic acid groups (broad SMARTS) is 1. The van der Waals surface area contributed by atoms with Crippen LogP contribution in [-0.4, -0.2) is 30.4 Å². The van der Waals surface area contributed by atoms with Crippen molar-refractivity contribution >= 4 is 23.3 Å². The van der Waals surface area contributed by atoms with E-state index in [0.29, 0.717) is 0 Å². The third kappa shape index (κ3) is 3.61. The van der Waals surface area contributed by atoms with Gasteiger partial charge in [-0.3, -0.25) is 0 Å². The Balaban J connectivity index is 3.31. The van der Waals surface area contributed by atoms with Gasteiger partial charge in [-0.25, -0.2) is 4.79 Å². The van der Waals surface area contributed by atoms with Crippen LogP contribution in [0, 0.1) is 0 Å². The number of carbonyl (C=O) groups is 1. The number of para-hydroxylation sites is 1. The molecule has 0 bridgehead atoms. The lowest BCUT2D eigenvalue weighted by atomic mass is 10.0. The predicted molar refractivity (Wildman–Crippen MR) is 76.8 cm³/mol. The number of hydrogen-bond donors (Lipinski definition) is 1. The molecular weight excluding hydrogens is 266 g/mol. The lowest BCUT2D eigenvalue weighted by molar-refractivity contribution is -0.136. The maximum atomic E-state index is 11.2. The molecule has 106 valence electrons. The molecule has 0 spiro atoms. The van der Waals surface area contributed by atoms with E-state index in [9.17, 15) is 4.79 Å². The first-order valence-corrected chi connectivity index (χ1v) is 6.73. The van der Waals surface area contributed by atoms with Gasteiger partial charge in [-0.15, -0.1) is 0 Å². The van der Waals surface area contributed by atoms with E-state index in [0.717, 1.165) is 29.7 Å². The van der Waals surface area contributed by atoms with Gasteiger partial charge in [0.15, 0.2) is 0 Å². The number of carboxylic acids is 1. The molecule has 5 heteroatoms. The maximum Gasteiger partial charge on any atom is 0.342 e. The molecular formula is C14H20ClNO3. The van der Waals surface area contributed by atoms with Gasteiger partial charge >= 0.3 is 5.97 Å². The van der Waals surface area contributed by atoms with Crippen LogP contribution >= 0.6 is 11.6 Å². The van der Waals surface area contributed by atoms with Crippen LogP contribution in [0.2, 0.25) is 0 Å². The minimum atomic E-state index is -1.14. The van der Waals surface area contributed by atoms with Gasteiger partial charge in [0.1, 0.15) is 6.73 Å². The topological polar surface area (TPSA) is 49.8 Å². The van der Waals surface area contributed by atoms with Gasteiger partial charge in [-0.1, -0.05) is 43.6 Å². The van der Waals surface area contributed by atoms with Crippen LogP contribution in [0.5, 0.6) is 0 Å². The summed E-state index contributed by atoms with van der Waals surface area (Å²) >= 11 is 6.00. The Labute approximate surface area is 118 Å². The van der Waals surface area contributed by atoms with Crippen LogP contribution in [0.1, 0.15) is 25.0 Å². The van der Waals surface area contributed by atoms with Crippen molar-refractivity contribution in [1.29, 1.82) is 0 Å². The molecule has 1 unspecified atom stereocenters. The highest BCUT2D eigenvalue weighted by Gasteiger charge is 2.26. The molecule has 4 nitrogen and oxygen atoms in total. The summed E-state index contributed by atoms with van der Waals surface area (Å²) in [5.74, 6) is -1.08. The summed E-state index contributed by atoms with van der Waals surface area (Å²) in [6.07, 6.45) is 1.62. The maximum absolute atomic E-state index is 11.2. The molecule has 0 aliphatic heterocycles. The average molecular weight is 286 g/mol. The minimum Gasteiger partial charge on any atom is -0.479 e. The molecule has 1 atom stereocenters. The average Bonchev–Trinajstić information content (AvgIpc) is 2.43. The van der Waals surface area contributed by atoms with E-state index in [-0.39, 0.29) is 6.73 Å². The summed E-state index contributed by atoms with van der Waals surface area (Å²) in [6, 6.07) is 5.96. The second kappa shape index (κ2) is 7.36. The van der Waals surface area contributed by atoms with E-state index < -0.39 is 11.5 Å². The van der Waals surface area contributed by atoms with Gasteiger partial charge in [0.25, 0.3) is 0 Å². The summed E-state index contributed by atoms with van der Waals surface area (Å²) in [7, 11) is 1.53. The SMILES string of the molecule is CCc1cccc(CC)c1N(COC)C(Cl)C(=O)O. The third-order valence-corrected chi connectivity index (χ3v) is 3.42. The summed E-state index contributed by atoms with van der Waals surface area (Å²) < 4.78 is 5.11. The highest BCUT2D eigenvalue weighted by Crippen LogP contribution is 2.29. The number of hydrogen-bond acceptors (Lipinski definition) is 3. The Morgan fingerprint density at radius 3 is 2.26 bits per heavy atom. The number of benzene rings is 1. The number of aryl methyl sites for hydroxylation is 2. The van der Waals surface area contributed by atoms with Gasteiger partial charge in [-0.2, -0.15) is 0 Å². The quantitative estimate of drug-likeness (QED) is 0.475. The van der Waals surface area contributed by atoms with Crippen molar-refractivity contribution in [2.24, 2.45) is 0 Å². The fourth-order valence-corrected chi connectivity index (χ4v) is 2.25. The Morgan fingerprint density at radius 2 is 1.89 bits per heavy atom. The van der Waals surface area contributed by atoms with Gasteiger partial charge in [0.2, 0.25) is 5.50 Å². The van der Waals surface area contributed by atoms with Gasteiger partial charge < -0.3 is 14.7 Å². The molecule has 0 aromatic heterocycles. The zero-order valence-electron chi connectivity index (χ0n) is 11.5. The normalized spacial score (nSPS) is 12.2. The summed E-state index contributed by atoms with van der Waals surface area (Å²) in [5.41, 5.74) is 1.88. The van der Waals surface area contributed by atoms with Crippen LogP contribution in [0.15, 0.2) is 18.2 Å². The first-order valence-electron chi connectivity index (χ1n) is 6.29. The standard InChI is InChI=1S/C14H20ClNO3/c1-4-10-7-6-8-11(5-2)12(10)16(9-19-3)13(15)14(17)18/h6-8,13H,4-5,9H2,1-3H3,(H,17,18). The summed E-state index contributed by atoms with van der Waals surface area (Å²) in [4.78, 5) is 12.7. The van der Waals surface area contributed by atoms with Crippen molar-refractivity contribution in [3.05, 3.63) is 29.3 Å². The van der Waals surface area contributed by atoms with Crippen molar-refractivity contribution in [1.82, 2.24) is 0 Å². The molecule has 1 aromatic carbocycles. The van der Waals surface area contributed by atoms with Crippen molar-refractivity contribution in [2.75, 3.05) is 18.7 Å². The minimum absolute atomic E-state index is 0.143. The van der Waals surface area contributed by atoms with E-state index in [1.54, 1.807) is 4.90 Å². The van der Waals surface area contributed by atoms with Gasteiger partial charge in [-0.05, 0) is 24.0 Å². The Hall–Kier alpha value is -1.26. The zero-order valence-corrected chi connectivity index (χ0v) is 12.3. The Morgan fingerprint density at radius 1 is 1.37 bits per heavy atom. The third-order valence-electron chi connectivity index (χ3n) is 3.00. The molecule has 19 heavy (non-hydrogen) atoms. The predicted octanol–water partition coefficient (Wildman–Crippen LogP) is 2.87. The zero-order chi connectivity index (χ0) is 14.4. The number of anilines is 1. The first-order chi connectivity index (χ1) is 9.06.